The summed E-state index contributed by atoms with van der Waals surface area (Å²) in [7, 11) is 0. The van der Waals surface area contributed by atoms with Gasteiger partial charge in [0.15, 0.2) is 0 Å². The minimum atomic E-state index is -0.379. The third-order valence-electron chi connectivity index (χ3n) is 5.83. The lowest BCUT2D eigenvalue weighted by Crippen LogP contribution is -2.44. The molecule has 2 aliphatic heterocycles. The molecule has 0 amide bonds. The number of allylic oxidation sites excluding steroid dienone is 1. The van der Waals surface area contributed by atoms with Crippen LogP contribution in [0.1, 0.15) is 12.2 Å². The molecule has 2 aromatic carbocycles. The zero-order valence-electron chi connectivity index (χ0n) is 16.4. The molecule has 0 atom stereocenters. The third kappa shape index (κ3) is 3.20. The Bertz CT molecular complexity index is 1210. The van der Waals surface area contributed by atoms with Crippen LogP contribution in [0.2, 0.25) is 0 Å². The van der Waals surface area contributed by atoms with Crippen molar-refractivity contribution in [2.45, 2.75) is 13.0 Å². The molecule has 0 unspecified atom stereocenters. The predicted octanol–water partition coefficient (Wildman–Crippen LogP) is 2.87. The Labute approximate surface area is 172 Å². The molecule has 0 spiro atoms. The zero-order valence-corrected chi connectivity index (χ0v) is 16.4. The van der Waals surface area contributed by atoms with Crippen molar-refractivity contribution in [3.63, 3.8) is 0 Å². The average Bonchev–Trinajstić information content (AvgIpc) is 3.17. The number of hydrogen-bond acceptors (Lipinski definition) is 6. The smallest absolute Gasteiger partial charge is 0.269 e. The van der Waals surface area contributed by atoms with E-state index in [9.17, 15) is 14.9 Å². The zero-order chi connectivity index (χ0) is 20.7. The maximum Gasteiger partial charge on any atom is 0.269 e. The van der Waals surface area contributed by atoms with E-state index in [-0.39, 0.29) is 16.2 Å². The Balaban J connectivity index is 1.33. The van der Waals surface area contributed by atoms with Gasteiger partial charge in [-0.25, -0.2) is 4.98 Å². The first-order chi connectivity index (χ1) is 14.6. The van der Waals surface area contributed by atoms with E-state index in [0.29, 0.717) is 11.9 Å². The second kappa shape index (κ2) is 7.29. The molecular weight excluding hydrogens is 382 g/mol. The van der Waals surface area contributed by atoms with Crippen LogP contribution in [0.15, 0.2) is 59.5 Å². The Kier molecular flexibility index (Phi) is 4.46. The molecule has 5 rings (SSSR count). The summed E-state index contributed by atoms with van der Waals surface area (Å²) in [5.74, 6) is 0.775. The number of nitro groups is 1. The van der Waals surface area contributed by atoms with Gasteiger partial charge in [0.25, 0.3) is 11.2 Å². The fourth-order valence-electron chi connectivity index (χ4n) is 4.20. The fourth-order valence-corrected chi connectivity index (χ4v) is 4.20. The van der Waals surface area contributed by atoms with Crippen LogP contribution in [0.25, 0.3) is 16.5 Å². The van der Waals surface area contributed by atoms with Crippen molar-refractivity contribution in [3.05, 3.63) is 81.0 Å². The first kappa shape index (κ1) is 18.4. The lowest BCUT2D eigenvalue weighted by Gasteiger charge is -2.35. The molecule has 0 radical (unpaired) electrons. The van der Waals surface area contributed by atoms with Gasteiger partial charge in [-0.05, 0) is 30.7 Å². The van der Waals surface area contributed by atoms with E-state index in [1.165, 1.54) is 0 Å². The SMILES string of the molecule is O=c1c2ccccc2nc2n1CC/C2=C\N1CCN(c2ccc([N+](=O)[O-])cc2)CC1. The number of anilines is 1. The molecule has 1 saturated heterocycles. The second-order valence-corrected chi connectivity index (χ2v) is 7.61. The summed E-state index contributed by atoms with van der Waals surface area (Å²) < 4.78 is 1.78. The molecule has 0 bridgehead atoms. The Morgan fingerprint density at radius 2 is 1.70 bits per heavy atom. The molecule has 3 heterocycles. The highest BCUT2D eigenvalue weighted by molar-refractivity contribution is 5.79. The fraction of sp³-hybridized carbons (Fsp3) is 0.273. The van der Waals surface area contributed by atoms with Gasteiger partial charge in [0.05, 0.1) is 15.8 Å². The monoisotopic (exact) mass is 403 g/mol. The molecule has 3 aromatic rings. The van der Waals surface area contributed by atoms with E-state index in [1.54, 1.807) is 28.8 Å². The van der Waals surface area contributed by atoms with Gasteiger partial charge in [0, 0.05) is 62.3 Å². The highest BCUT2D eigenvalue weighted by Gasteiger charge is 2.23. The van der Waals surface area contributed by atoms with Crippen LogP contribution in [0.4, 0.5) is 11.4 Å². The number of hydrogen-bond donors (Lipinski definition) is 0. The van der Waals surface area contributed by atoms with E-state index in [4.69, 9.17) is 4.98 Å². The number of non-ortho nitro benzene ring substituents is 1. The standard InChI is InChI=1S/C22H21N5O3/c28-22-19-3-1-2-4-20(19)23-21-16(9-10-26(21)22)15-24-11-13-25(14-12-24)17-5-7-18(8-6-17)27(29)30/h1-8,15H,9-14H2/b16-15+. The molecule has 2 aliphatic rings. The highest BCUT2D eigenvalue weighted by atomic mass is 16.6. The molecule has 1 aromatic heterocycles. The highest BCUT2D eigenvalue weighted by Crippen LogP contribution is 2.27. The van der Waals surface area contributed by atoms with Gasteiger partial charge in [-0.3, -0.25) is 19.5 Å². The van der Waals surface area contributed by atoms with E-state index in [2.05, 4.69) is 16.0 Å². The van der Waals surface area contributed by atoms with E-state index in [0.717, 1.165) is 55.2 Å². The van der Waals surface area contributed by atoms with Crippen LogP contribution < -0.4 is 10.5 Å². The van der Waals surface area contributed by atoms with Crippen molar-refractivity contribution in [1.29, 1.82) is 0 Å². The summed E-state index contributed by atoms with van der Waals surface area (Å²) in [6.45, 7) is 4.02. The van der Waals surface area contributed by atoms with Crippen molar-refractivity contribution in [2.75, 3.05) is 31.1 Å². The topological polar surface area (TPSA) is 84.5 Å². The molecular formula is C22H21N5O3. The van der Waals surface area contributed by atoms with Crippen molar-refractivity contribution in [1.82, 2.24) is 14.5 Å². The average molecular weight is 403 g/mol. The Hall–Kier alpha value is -3.68. The summed E-state index contributed by atoms with van der Waals surface area (Å²) in [6.07, 6.45) is 2.95. The molecule has 8 heteroatoms. The summed E-state index contributed by atoms with van der Waals surface area (Å²) >= 11 is 0. The van der Waals surface area contributed by atoms with Crippen LogP contribution in [-0.2, 0) is 6.54 Å². The number of rotatable bonds is 3. The first-order valence-corrected chi connectivity index (χ1v) is 10.0. The Morgan fingerprint density at radius 3 is 2.43 bits per heavy atom. The van der Waals surface area contributed by atoms with Crippen LogP contribution in [0, 0.1) is 10.1 Å². The third-order valence-corrected chi connectivity index (χ3v) is 5.83. The number of nitrogens with zero attached hydrogens (tertiary/aromatic N) is 5. The largest absolute Gasteiger partial charge is 0.373 e. The van der Waals surface area contributed by atoms with Crippen molar-refractivity contribution >= 4 is 27.9 Å². The number of nitro benzene ring substituents is 1. The van der Waals surface area contributed by atoms with Crippen molar-refractivity contribution in [3.8, 4) is 0 Å². The van der Waals surface area contributed by atoms with E-state index in [1.807, 2.05) is 24.3 Å². The number of fused-ring (bicyclic) bond motifs is 2. The Morgan fingerprint density at radius 1 is 0.967 bits per heavy atom. The van der Waals surface area contributed by atoms with E-state index < -0.39 is 0 Å². The van der Waals surface area contributed by atoms with Crippen LogP contribution in [0.3, 0.4) is 0 Å². The molecule has 0 N–H and O–H groups in total. The molecule has 8 nitrogen and oxygen atoms in total. The lowest BCUT2D eigenvalue weighted by atomic mass is 10.2. The summed E-state index contributed by atoms with van der Waals surface area (Å²) in [4.78, 5) is 32.5. The number of aromatic nitrogens is 2. The molecule has 1 fully saturated rings. The van der Waals surface area contributed by atoms with Gasteiger partial charge in [-0.15, -0.1) is 0 Å². The minimum Gasteiger partial charge on any atom is -0.373 e. The van der Waals surface area contributed by atoms with Gasteiger partial charge >= 0.3 is 0 Å². The number of piperazine rings is 1. The maximum absolute atomic E-state index is 12.8. The van der Waals surface area contributed by atoms with Gasteiger partial charge in [0.1, 0.15) is 5.82 Å². The van der Waals surface area contributed by atoms with Gasteiger partial charge < -0.3 is 9.80 Å². The molecule has 0 aliphatic carbocycles. The number of benzene rings is 2. The van der Waals surface area contributed by atoms with Gasteiger partial charge in [0.2, 0.25) is 0 Å². The summed E-state index contributed by atoms with van der Waals surface area (Å²) in [5.41, 5.74) is 2.98. The van der Waals surface area contributed by atoms with Gasteiger partial charge in [-0.1, -0.05) is 12.1 Å². The maximum atomic E-state index is 12.8. The van der Waals surface area contributed by atoms with Gasteiger partial charge in [-0.2, -0.15) is 0 Å². The molecule has 152 valence electrons. The van der Waals surface area contributed by atoms with Crippen LogP contribution in [-0.4, -0.2) is 45.6 Å². The second-order valence-electron chi connectivity index (χ2n) is 7.61. The summed E-state index contributed by atoms with van der Waals surface area (Å²) in [5, 5.41) is 11.5. The normalized spacial score (nSPS) is 17.5. The quantitative estimate of drug-likeness (QED) is 0.494. The lowest BCUT2D eigenvalue weighted by molar-refractivity contribution is -0.384. The van der Waals surface area contributed by atoms with Crippen molar-refractivity contribution < 1.29 is 4.92 Å². The van der Waals surface area contributed by atoms with Crippen LogP contribution in [0.5, 0.6) is 0 Å². The molecule has 0 saturated carbocycles. The summed E-state index contributed by atoms with van der Waals surface area (Å²) in [6, 6.07) is 14.2. The minimum absolute atomic E-state index is 0.0296. The van der Waals surface area contributed by atoms with Crippen molar-refractivity contribution in [2.24, 2.45) is 0 Å². The number of para-hydroxylation sites is 1. The first-order valence-electron chi connectivity index (χ1n) is 10.0. The van der Waals surface area contributed by atoms with E-state index >= 15 is 0 Å². The predicted molar refractivity (Wildman–Crippen MR) is 115 cm³/mol. The van der Waals surface area contributed by atoms with Crippen LogP contribution >= 0.6 is 0 Å². The molecule has 30 heavy (non-hydrogen) atoms.